The average Bonchev–Trinajstić information content (AvgIpc) is 3.40. The molecule has 0 aliphatic rings. The van der Waals surface area contributed by atoms with Gasteiger partial charge in [0.15, 0.2) is 5.16 Å². The third-order valence-electron chi connectivity index (χ3n) is 4.92. The van der Waals surface area contributed by atoms with Crippen molar-refractivity contribution in [1.29, 1.82) is 0 Å². The van der Waals surface area contributed by atoms with Gasteiger partial charge in [-0.1, -0.05) is 37.2 Å². The Morgan fingerprint density at radius 2 is 2.03 bits per heavy atom. The molecule has 0 unspecified atom stereocenters. The third kappa shape index (κ3) is 3.12. The van der Waals surface area contributed by atoms with Crippen molar-refractivity contribution in [3.63, 3.8) is 0 Å². The topological polar surface area (TPSA) is 97.9 Å². The first-order chi connectivity index (χ1) is 14.7. The molecule has 0 atom stereocenters. The van der Waals surface area contributed by atoms with Gasteiger partial charge in [-0.3, -0.25) is 18.6 Å². The van der Waals surface area contributed by atoms with Crippen LogP contribution in [0.5, 0.6) is 0 Å². The first-order valence-electron chi connectivity index (χ1n) is 9.63. The van der Waals surface area contributed by atoms with E-state index in [0.717, 1.165) is 18.4 Å². The lowest BCUT2D eigenvalue weighted by atomic mass is 10.2. The first kappa shape index (κ1) is 19.0. The molecule has 152 valence electrons. The van der Waals surface area contributed by atoms with E-state index in [1.54, 1.807) is 4.57 Å². The van der Waals surface area contributed by atoms with Gasteiger partial charge in [-0.05, 0) is 30.0 Å². The largest absolute Gasteiger partial charge is 0.309 e. The van der Waals surface area contributed by atoms with Gasteiger partial charge < -0.3 is 4.98 Å². The maximum Gasteiger partial charge on any atom is 0.268 e. The summed E-state index contributed by atoms with van der Waals surface area (Å²) in [5.41, 5.74) is 1.29. The van der Waals surface area contributed by atoms with E-state index in [1.807, 2.05) is 40.1 Å². The number of unbranched alkanes of at least 4 members (excludes halogenated alkanes) is 1. The highest BCUT2D eigenvalue weighted by Gasteiger charge is 2.17. The number of fused-ring (bicyclic) bond motifs is 4. The number of aromatic amines is 1. The highest BCUT2D eigenvalue weighted by molar-refractivity contribution is 7.98. The number of thiophene rings is 1. The van der Waals surface area contributed by atoms with Crippen LogP contribution in [0.15, 0.2) is 50.5 Å². The normalized spacial score (nSPS) is 11.8. The molecule has 5 aromatic rings. The fourth-order valence-corrected chi connectivity index (χ4v) is 5.00. The summed E-state index contributed by atoms with van der Waals surface area (Å²) in [7, 11) is 0. The Bertz CT molecular complexity index is 1500. The predicted molar refractivity (Wildman–Crippen MR) is 119 cm³/mol. The summed E-state index contributed by atoms with van der Waals surface area (Å²) < 4.78 is 4.24. The fourth-order valence-electron chi connectivity index (χ4n) is 3.47. The van der Waals surface area contributed by atoms with Crippen molar-refractivity contribution in [1.82, 2.24) is 29.1 Å². The summed E-state index contributed by atoms with van der Waals surface area (Å²) in [5.74, 6) is 1.55. The van der Waals surface area contributed by atoms with Gasteiger partial charge in [0, 0.05) is 6.54 Å². The maximum absolute atomic E-state index is 13.0. The Kier molecular flexibility index (Phi) is 4.87. The predicted octanol–water partition coefficient (Wildman–Crippen LogP) is 3.43. The zero-order valence-corrected chi connectivity index (χ0v) is 17.8. The first-order valence-corrected chi connectivity index (χ1v) is 11.5. The molecule has 0 saturated carbocycles. The molecule has 30 heavy (non-hydrogen) atoms. The van der Waals surface area contributed by atoms with Gasteiger partial charge in [0.1, 0.15) is 10.5 Å². The van der Waals surface area contributed by atoms with Crippen LogP contribution in [0.25, 0.3) is 26.9 Å². The molecule has 1 N–H and O–H groups in total. The molecular weight excluding hydrogens is 420 g/mol. The zero-order valence-electron chi connectivity index (χ0n) is 16.2. The van der Waals surface area contributed by atoms with Gasteiger partial charge in [-0.15, -0.1) is 21.5 Å². The highest BCUT2D eigenvalue weighted by atomic mass is 32.2. The van der Waals surface area contributed by atoms with Gasteiger partial charge >= 0.3 is 0 Å². The van der Waals surface area contributed by atoms with Crippen LogP contribution in [-0.4, -0.2) is 29.1 Å². The van der Waals surface area contributed by atoms with Crippen LogP contribution in [0.1, 0.15) is 25.6 Å². The monoisotopic (exact) mass is 438 g/mol. The van der Waals surface area contributed by atoms with E-state index >= 15 is 0 Å². The molecule has 8 nitrogen and oxygen atoms in total. The molecular formula is C20H18N6O2S2. The van der Waals surface area contributed by atoms with Crippen LogP contribution >= 0.6 is 23.1 Å². The van der Waals surface area contributed by atoms with Crippen LogP contribution in [0, 0.1) is 0 Å². The van der Waals surface area contributed by atoms with Crippen molar-refractivity contribution >= 4 is 50.0 Å². The molecule has 10 heteroatoms. The maximum atomic E-state index is 13.0. The van der Waals surface area contributed by atoms with Crippen molar-refractivity contribution in [3.05, 3.63) is 62.2 Å². The number of hydrogen-bond acceptors (Lipinski definition) is 7. The smallest absolute Gasteiger partial charge is 0.268 e. The van der Waals surface area contributed by atoms with Crippen LogP contribution in [0.3, 0.4) is 0 Å². The molecule has 0 radical (unpaired) electrons. The number of hydrogen-bond donors (Lipinski definition) is 1. The third-order valence-corrected chi connectivity index (χ3v) is 6.76. The Morgan fingerprint density at radius 1 is 1.17 bits per heavy atom. The minimum atomic E-state index is -0.129. The minimum Gasteiger partial charge on any atom is -0.309 e. The van der Waals surface area contributed by atoms with Gasteiger partial charge in [0.25, 0.3) is 11.1 Å². The van der Waals surface area contributed by atoms with Crippen LogP contribution in [-0.2, 0) is 12.3 Å². The number of H-pyrrole nitrogens is 1. The molecule has 0 fully saturated rings. The van der Waals surface area contributed by atoms with Gasteiger partial charge in [-0.2, -0.15) is 0 Å². The lowest BCUT2D eigenvalue weighted by Gasteiger charge is -2.10. The number of aromatic nitrogens is 6. The Labute approximate surface area is 178 Å². The number of thioether (sulfide) groups is 1. The average molecular weight is 439 g/mol. The standard InChI is InChI=1S/C20H18N6O2S2/c1-2-3-9-25-18(28)12-6-4-5-7-14(12)26-19(25)23-24-20(26)30-11-15-21-13-8-10-29-16(13)17(27)22-15/h4-8,10H,2-3,9,11H2,1H3,(H,21,22,27). The van der Waals surface area contributed by atoms with E-state index < -0.39 is 0 Å². The molecule has 0 aliphatic heterocycles. The van der Waals surface area contributed by atoms with Gasteiger partial charge in [0.2, 0.25) is 5.78 Å². The van der Waals surface area contributed by atoms with Crippen molar-refractivity contribution in [3.8, 4) is 0 Å². The molecule has 5 rings (SSSR count). The fraction of sp³-hybridized carbons (Fsp3) is 0.250. The van der Waals surface area contributed by atoms with E-state index in [0.29, 0.717) is 44.7 Å². The van der Waals surface area contributed by atoms with Gasteiger partial charge in [0.05, 0.1) is 22.2 Å². The summed E-state index contributed by atoms with van der Waals surface area (Å²) in [5, 5.41) is 11.8. The van der Waals surface area contributed by atoms with E-state index in [1.165, 1.54) is 23.1 Å². The lowest BCUT2D eigenvalue weighted by molar-refractivity contribution is 0.620. The van der Waals surface area contributed by atoms with E-state index in [2.05, 4.69) is 27.1 Å². The molecule has 0 spiro atoms. The van der Waals surface area contributed by atoms with Gasteiger partial charge in [-0.25, -0.2) is 4.98 Å². The number of para-hydroxylation sites is 1. The SMILES string of the molecule is CCCCn1c(=O)c2ccccc2n2c(SCc3nc4ccsc4c(=O)[nH]3)nnc12. The second-order valence-electron chi connectivity index (χ2n) is 6.88. The molecule has 4 aromatic heterocycles. The van der Waals surface area contributed by atoms with E-state index in [9.17, 15) is 9.59 Å². The number of aryl methyl sites for hydroxylation is 1. The number of nitrogens with one attached hydrogen (secondary N) is 1. The van der Waals surface area contributed by atoms with Crippen LogP contribution in [0.4, 0.5) is 0 Å². The van der Waals surface area contributed by atoms with E-state index in [-0.39, 0.29) is 11.1 Å². The highest BCUT2D eigenvalue weighted by Crippen LogP contribution is 2.24. The molecule has 4 heterocycles. The molecule has 0 saturated heterocycles. The summed E-state index contributed by atoms with van der Waals surface area (Å²) in [6.45, 7) is 2.68. The molecule has 0 bridgehead atoms. The lowest BCUT2D eigenvalue weighted by Crippen LogP contribution is -2.23. The van der Waals surface area contributed by atoms with Crippen molar-refractivity contribution in [2.24, 2.45) is 0 Å². The Hall–Kier alpha value is -2.98. The van der Waals surface area contributed by atoms with Crippen molar-refractivity contribution < 1.29 is 0 Å². The zero-order chi connectivity index (χ0) is 20.7. The summed E-state index contributed by atoms with van der Waals surface area (Å²) in [6, 6.07) is 9.34. The van der Waals surface area contributed by atoms with Crippen molar-refractivity contribution in [2.45, 2.75) is 37.2 Å². The minimum absolute atomic E-state index is 0.0515. The Balaban J connectivity index is 1.60. The number of benzene rings is 1. The van der Waals surface area contributed by atoms with E-state index in [4.69, 9.17) is 0 Å². The summed E-state index contributed by atoms with van der Waals surface area (Å²) in [4.78, 5) is 32.6. The van der Waals surface area contributed by atoms with Crippen LogP contribution < -0.4 is 11.1 Å². The molecule has 1 aromatic carbocycles. The molecule has 0 aliphatic carbocycles. The van der Waals surface area contributed by atoms with Crippen LogP contribution in [0.2, 0.25) is 0 Å². The van der Waals surface area contributed by atoms with Crippen molar-refractivity contribution in [2.75, 3.05) is 0 Å². The second-order valence-corrected chi connectivity index (χ2v) is 8.74. The number of rotatable bonds is 6. The quantitative estimate of drug-likeness (QED) is 0.408. The summed E-state index contributed by atoms with van der Waals surface area (Å²) in [6.07, 6.45) is 1.86. The summed E-state index contributed by atoms with van der Waals surface area (Å²) >= 11 is 2.81. The number of nitrogens with zero attached hydrogens (tertiary/aromatic N) is 5. The molecule has 0 amide bonds. The Morgan fingerprint density at radius 3 is 2.90 bits per heavy atom. The second kappa shape index (κ2) is 7.69.